The van der Waals surface area contributed by atoms with Crippen molar-refractivity contribution >= 4 is 0 Å². The lowest BCUT2D eigenvalue weighted by Crippen LogP contribution is -2.10. The second-order valence-corrected chi connectivity index (χ2v) is 3.01. The zero-order valence-corrected chi connectivity index (χ0v) is 6.80. The molecule has 1 heterocycles. The average molecular weight is 167 g/mol. The Morgan fingerprint density at radius 1 is 1.58 bits per heavy atom. The largest absolute Gasteiger partial charge is 0.491 e. The number of hydrogen-bond donors (Lipinski definition) is 1. The Morgan fingerprint density at radius 2 is 2.33 bits per heavy atom. The molecular weight excluding hydrogens is 157 g/mol. The first-order chi connectivity index (χ1) is 5.70. The van der Waals surface area contributed by atoms with Crippen LogP contribution in [0.25, 0.3) is 0 Å². The lowest BCUT2D eigenvalue weighted by atomic mass is 10.1. The normalized spacial score (nSPS) is 20.4. The minimum atomic E-state index is -0.233. The maximum atomic E-state index is 13.0. The highest BCUT2D eigenvalue weighted by atomic mass is 19.1. The third-order valence-corrected chi connectivity index (χ3v) is 2.18. The molecule has 0 unspecified atom stereocenters. The molecule has 1 aliphatic rings. The molecule has 0 amide bonds. The second kappa shape index (κ2) is 2.45. The molecule has 0 aromatic heterocycles. The van der Waals surface area contributed by atoms with Crippen LogP contribution in [0.5, 0.6) is 5.75 Å². The van der Waals surface area contributed by atoms with Crippen LogP contribution in [0.15, 0.2) is 12.1 Å². The molecule has 0 radical (unpaired) electrons. The zero-order valence-electron chi connectivity index (χ0n) is 6.80. The summed E-state index contributed by atoms with van der Waals surface area (Å²) in [5.41, 5.74) is 7.18. The molecular formula is C9H10FNO. The first-order valence-corrected chi connectivity index (χ1v) is 3.87. The third-order valence-electron chi connectivity index (χ3n) is 2.18. The number of nitrogens with two attached hydrogens (primary N) is 1. The van der Waals surface area contributed by atoms with Crippen molar-refractivity contribution in [2.24, 2.45) is 5.73 Å². The summed E-state index contributed by atoms with van der Waals surface area (Å²) in [6.45, 7) is 2.16. The van der Waals surface area contributed by atoms with Crippen LogP contribution in [0.3, 0.4) is 0 Å². The van der Waals surface area contributed by atoms with Gasteiger partial charge in [-0.2, -0.15) is 0 Å². The van der Waals surface area contributed by atoms with Gasteiger partial charge in [-0.1, -0.05) is 6.07 Å². The fraction of sp³-hybridized carbons (Fsp3) is 0.333. The van der Waals surface area contributed by atoms with Gasteiger partial charge in [0.15, 0.2) is 0 Å². The molecule has 2 N–H and O–H groups in total. The van der Waals surface area contributed by atoms with Crippen molar-refractivity contribution < 1.29 is 9.13 Å². The summed E-state index contributed by atoms with van der Waals surface area (Å²) >= 11 is 0. The third kappa shape index (κ3) is 0.898. The number of halogens is 1. The lowest BCUT2D eigenvalue weighted by molar-refractivity contribution is 0.330. The Morgan fingerprint density at radius 3 is 3.08 bits per heavy atom. The summed E-state index contributed by atoms with van der Waals surface area (Å²) in [7, 11) is 0. The zero-order chi connectivity index (χ0) is 8.72. The number of fused-ring (bicyclic) bond motifs is 1. The van der Waals surface area contributed by atoms with Crippen molar-refractivity contribution in [3.8, 4) is 5.75 Å². The number of benzene rings is 1. The highest BCUT2D eigenvalue weighted by molar-refractivity contribution is 5.45. The molecule has 12 heavy (non-hydrogen) atoms. The van der Waals surface area contributed by atoms with Crippen LogP contribution < -0.4 is 10.5 Å². The van der Waals surface area contributed by atoms with Crippen molar-refractivity contribution in [1.82, 2.24) is 0 Å². The molecule has 2 nitrogen and oxygen atoms in total. The molecule has 0 saturated heterocycles. The van der Waals surface area contributed by atoms with E-state index < -0.39 is 0 Å². The Bertz CT molecular complexity index is 325. The van der Waals surface area contributed by atoms with E-state index in [1.54, 1.807) is 13.0 Å². The van der Waals surface area contributed by atoms with Gasteiger partial charge in [0.1, 0.15) is 18.2 Å². The van der Waals surface area contributed by atoms with Crippen LogP contribution in [0, 0.1) is 12.7 Å². The van der Waals surface area contributed by atoms with Crippen molar-refractivity contribution in [1.29, 1.82) is 0 Å². The molecule has 3 heteroatoms. The summed E-state index contributed by atoms with van der Waals surface area (Å²) in [6, 6.07) is 3.03. The molecule has 0 spiro atoms. The minimum Gasteiger partial charge on any atom is -0.491 e. The molecule has 0 bridgehead atoms. The van der Waals surface area contributed by atoms with Gasteiger partial charge in [-0.15, -0.1) is 0 Å². The second-order valence-electron chi connectivity index (χ2n) is 3.01. The van der Waals surface area contributed by atoms with Gasteiger partial charge in [0.25, 0.3) is 0 Å². The molecule has 0 aliphatic carbocycles. The van der Waals surface area contributed by atoms with Gasteiger partial charge in [0.2, 0.25) is 0 Å². The van der Waals surface area contributed by atoms with E-state index in [2.05, 4.69) is 0 Å². The Balaban J connectivity index is 2.60. The van der Waals surface area contributed by atoms with E-state index in [0.29, 0.717) is 17.9 Å². The topological polar surface area (TPSA) is 35.2 Å². The fourth-order valence-electron chi connectivity index (χ4n) is 1.44. The summed E-state index contributed by atoms with van der Waals surface area (Å²) in [5, 5.41) is 0. The average Bonchev–Trinajstić information content (AvgIpc) is 2.41. The van der Waals surface area contributed by atoms with Gasteiger partial charge in [0, 0.05) is 11.1 Å². The Kier molecular flexibility index (Phi) is 1.54. The SMILES string of the molecule is Cc1c(F)ccc2c1OC[C@H]2N. The molecule has 2 rings (SSSR count). The van der Waals surface area contributed by atoms with E-state index in [-0.39, 0.29) is 11.9 Å². The van der Waals surface area contributed by atoms with Gasteiger partial charge >= 0.3 is 0 Å². The highest BCUT2D eigenvalue weighted by Gasteiger charge is 2.23. The van der Waals surface area contributed by atoms with Crippen molar-refractivity contribution in [2.75, 3.05) is 6.61 Å². The molecule has 1 atom stereocenters. The molecule has 1 aromatic carbocycles. The van der Waals surface area contributed by atoms with Crippen LogP contribution in [-0.2, 0) is 0 Å². The summed E-state index contributed by atoms with van der Waals surface area (Å²) < 4.78 is 18.2. The maximum absolute atomic E-state index is 13.0. The first kappa shape index (κ1) is 7.55. The smallest absolute Gasteiger partial charge is 0.130 e. The van der Waals surface area contributed by atoms with Gasteiger partial charge < -0.3 is 10.5 Å². The predicted molar refractivity (Wildman–Crippen MR) is 43.6 cm³/mol. The van der Waals surface area contributed by atoms with Crippen LogP contribution in [0.4, 0.5) is 4.39 Å². The molecule has 0 fully saturated rings. The lowest BCUT2D eigenvalue weighted by Gasteiger charge is -2.03. The fourth-order valence-corrected chi connectivity index (χ4v) is 1.44. The Hall–Kier alpha value is -1.09. The Labute approximate surface area is 70.1 Å². The van der Waals surface area contributed by atoms with E-state index in [1.807, 2.05) is 0 Å². The molecule has 64 valence electrons. The monoisotopic (exact) mass is 167 g/mol. The van der Waals surface area contributed by atoms with E-state index in [4.69, 9.17) is 10.5 Å². The molecule has 0 saturated carbocycles. The maximum Gasteiger partial charge on any atom is 0.130 e. The van der Waals surface area contributed by atoms with Crippen molar-refractivity contribution in [2.45, 2.75) is 13.0 Å². The molecule has 1 aromatic rings. The van der Waals surface area contributed by atoms with Gasteiger partial charge in [-0.3, -0.25) is 0 Å². The van der Waals surface area contributed by atoms with Crippen LogP contribution in [0.2, 0.25) is 0 Å². The summed E-state index contributed by atoms with van der Waals surface area (Å²) in [6.07, 6.45) is 0. The first-order valence-electron chi connectivity index (χ1n) is 3.87. The van der Waals surface area contributed by atoms with Crippen molar-refractivity contribution in [3.05, 3.63) is 29.1 Å². The standard InChI is InChI=1S/C9H10FNO/c1-5-7(10)3-2-6-8(11)4-12-9(5)6/h2-3,8H,4,11H2,1H3/t8-/m1/s1. The molecule has 1 aliphatic heterocycles. The van der Waals surface area contributed by atoms with E-state index in [9.17, 15) is 4.39 Å². The van der Waals surface area contributed by atoms with E-state index >= 15 is 0 Å². The summed E-state index contributed by atoms with van der Waals surface area (Å²) in [5.74, 6) is 0.394. The number of hydrogen-bond acceptors (Lipinski definition) is 2. The minimum absolute atomic E-state index is 0.0979. The predicted octanol–water partition coefficient (Wildman–Crippen LogP) is 1.53. The van der Waals surface area contributed by atoms with Gasteiger partial charge in [-0.25, -0.2) is 4.39 Å². The number of ether oxygens (including phenoxy) is 1. The van der Waals surface area contributed by atoms with Crippen LogP contribution in [-0.4, -0.2) is 6.61 Å². The van der Waals surface area contributed by atoms with Crippen LogP contribution >= 0.6 is 0 Å². The quantitative estimate of drug-likeness (QED) is 0.636. The number of rotatable bonds is 0. The van der Waals surface area contributed by atoms with Gasteiger partial charge in [-0.05, 0) is 13.0 Å². The summed E-state index contributed by atoms with van der Waals surface area (Å²) in [4.78, 5) is 0. The van der Waals surface area contributed by atoms with E-state index in [1.165, 1.54) is 6.07 Å². The highest BCUT2D eigenvalue weighted by Crippen LogP contribution is 2.34. The van der Waals surface area contributed by atoms with Crippen LogP contribution in [0.1, 0.15) is 17.2 Å². The van der Waals surface area contributed by atoms with Gasteiger partial charge in [0.05, 0.1) is 6.04 Å². The van der Waals surface area contributed by atoms with E-state index in [0.717, 1.165) is 5.56 Å². The van der Waals surface area contributed by atoms with Crippen molar-refractivity contribution in [3.63, 3.8) is 0 Å².